The summed E-state index contributed by atoms with van der Waals surface area (Å²) >= 11 is 5.82. The standard InChI is InChI=1S/C31H35N5OS/c1-20-9-12-23(13-10-20)33-27(37)15-17-36-29(28(34-30(36)38)25-8-6-7-16-32-25)22-11-14-26-24(18-22)21(2)19-31(3,4)35(26)5/h6-14,16,18-19,28-29H,15,17H2,1-5H3,(H,33,37)(H,34,38)/t28-,29+/m0/s1. The van der Waals surface area contributed by atoms with Crippen molar-refractivity contribution in [2.24, 2.45) is 0 Å². The van der Waals surface area contributed by atoms with E-state index in [-0.39, 0.29) is 23.5 Å². The summed E-state index contributed by atoms with van der Waals surface area (Å²) in [5.41, 5.74) is 7.67. The molecule has 2 aromatic carbocycles. The molecule has 0 unspecified atom stereocenters. The highest BCUT2D eigenvalue weighted by Crippen LogP contribution is 2.43. The van der Waals surface area contributed by atoms with Crippen molar-refractivity contribution in [1.29, 1.82) is 0 Å². The second-order valence-corrected chi connectivity index (χ2v) is 11.2. The first-order valence-corrected chi connectivity index (χ1v) is 13.5. The van der Waals surface area contributed by atoms with Crippen LogP contribution in [0.1, 0.15) is 61.7 Å². The van der Waals surface area contributed by atoms with E-state index in [1.165, 1.54) is 16.8 Å². The number of aryl methyl sites for hydroxylation is 1. The van der Waals surface area contributed by atoms with Crippen LogP contribution in [-0.2, 0) is 4.79 Å². The Morgan fingerprint density at radius 2 is 1.87 bits per heavy atom. The van der Waals surface area contributed by atoms with Crippen molar-refractivity contribution >= 4 is 40.2 Å². The molecule has 1 fully saturated rings. The molecule has 38 heavy (non-hydrogen) atoms. The van der Waals surface area contributed by atoms with E-state index < -0.39 is 0 Å². The van der Waals surface area contributed by atoms with Gasteiger partial charge in [0, 0.05) is 43.1 Å². The maximum atomic E-state index is 12.9. The number of thiocarbonyl (C=S) groups is 1. The zero-order chi connectivity index (χ0) is 27.0. The lowest BCUT2D eigenvalue weighted by Gasteiger charge is -2.41. The highest BCUT2D eigenvalue weighted by atomic mass is 32.1. The normalized spacial score (nSPS) is 20.0. The Morgan fingerprint density at radius 1 is 1.11 bits per heavy atom. The number of fused-ring (bicyclic) bond motifs is 1. The lowest BCUT2D eigenvalue weighted by Crippen LogP contribution is -2.42. The summed E-state index contributed by atoms with van der Waals surface area (Å²) in [5.74, 6) is -0.0373. The van der Waals surface area contributed by atoms with Crippen LogP contribution in [0.3, 0.4) is 0 Å². The molecule has 7 heteroatoms. The number of carbonyl (C=O) groups excluding carboxylic acids is 1. The largest absolute Gasteiger partial charge is 0.366 e. The summed E-state index contributed by atoms with van der Waals surface area (Å²) in [6.07, 6.45) is 4.45. The van der Waals surface area contributed by atoms with Gasteiger partial charge in [0.2, 0.25) is 5.91 Å². The molecule has 3 heterocycles. The van der Waals surface area contributed by atoms with Gasteiger partial charge in [0.25, 0.3) is 0 Å². The molecule has 1 aromatic heterocycles. The molecule has 0 spiro atoms. The fraction of sp³-hybridized carbons (Fsp3) is 0.323. The predicted molar refractivity (Wildman–Crippen MR) is 159 cm³/mol. The molecule has 2 N–H and O–H groups in total. The second-order valence-electron chi connectivity index (χ2n) is 10.8. The maximum Gasteiger partial charge on any atom is 0.226 e. The third-order valence-corrected chi connectivity index (χ3v) is 8.05. The Labute approximate surface area is 230 Å². The Balaban J connectivity index is 1.45. The van der Waals surface area contributed by atoms with Crippen molar-refractivity contribution in [1.82, 2.24) is 15.2 Å². The van der Waals surface area contributed by atoms with Gasteiger partial charge in [-0.25, -0.2) is 0 Å². The third-order valence-electron chi connectivity index (χ3n) is 7.70. The Hall–Kier alpha value is -3.71. The number of nitrogens with zero attached hydrogens (tertiary/aromatic N) is 3. The van der Waals surface area contributed by atoms with Gasteiger partial charge in [-0.05, 0) is 87.4 Å². The quantitative estimate of drug-likeness (QED) is 0.384. The van der Waals surface area contributed by atoms with Gasteiger partial charge >= 0.3 is 0 Å². The molecule has 5 rings (SSSR count). The summed E-state index contributed by atoms with van der Waals surface area (Å²) in [6.45, 7) is 9.16. The predicted octanol–water partition coefficient (Wildman–Crippen LogP) is 6.02. The molecule has 0 bridgehead atoms. The lowest BCUT2D eigenvalue weighted by molar-refractivity contribution is -0.116. The lowest BCUT2D eigenvalue weighted by atomic mass is 9.86. The van der Waals surface area contributed by atoms with Crippen LogP contribution in [0.2, 0.25) is 0 Å². The van der Waals surface area contributed by atoms with Crippen LogP contribution < -0.4 is 15.5 Å². The number of likely N-dealkylation sites (N-methyl/N-ethyl adjacent to an activating group) is 1. The van der Waals surface area contributed by atoms with Crippen LogP contribution in [0.25, 0.3) is 5.57 Å². The molecule has 2 aliphatic rings. The molecule has 1 saturated heterocycles. The summed E-state index contributed by atoms with van der Waals surface area (Å²) in [5, 5.41) is 7.15. The van der Waals surface area contributed by atoms with Crippen molar-refractivity contribution < 1.29 is 4.79 Å². The van der Waals surface area contributed by atoms with Gasteiger partial charge in [0.05, 0.1) is 23.3 Å². The number of rotatable bonds is 6. The van der Waals surface area contributed by atoms with Gasteiger partial charge in [0.15, 0.2) is 5.11 Å². The van der Waals surface area contributed by atoms with Crippen molar-refractivity contribution in [2.45, 2.75) is 51.7 Å². The molecule has 196 valence electrons. The van der Waals surface area contributed by atoms with E-state index >= 15 is 0 Å². The average molecular weight is 526 g/mol. The topological polar surface area (TPSA) is 60.5 Å². The van der Waals surface area contributed by atoms with Crippen molar-refractivity contribution in [2.75, 3.05) is 23.8 Å². The molecular weight excluding hydrogens is 490 g/mol. The fourth-order valence-corrected chi connectivity index (χ4v) is 5.78. The summed E-state index contributed by atoms with van der Waals surface area (Å²) in [4.78, 5) is 22.0. The van der Waals surface area contributed by atoms with Crippen LogP contribution in [0.15, 0.2) is 72.9 Å². The summed E-state index contributed by atoms with van der Waals surface area (Å²) in [6, 6.07) is 20.3. The Bertz CT molecular complexity index is 1380. The van der Waals surface area contributed by atoms with Gasteiger partial charge in [-0.2, -0.15) is 0 Å². The molecule has 0 radical (unpaired) electrons. The zero-order valence-corrected chi connectivity index (χ0v) is 23.5. The molecule has 2 atom stereocenters. The van der Waals surface area contributed by atoms with Crippen molar-refractivity contribution in [3.63, 3.8) is 0 Å². The molecular formula is C31H35N5OS. The number of allylic oxidation sites excluding steroid dienone is 1. The smallest absolute Gasteiger partial charge is 0.226 e. The van der Waals surface area contributed by atoms with E-state index in [0.29, 0.717) is 18.1 Å². The molecule has 1 amide bonds. The number of pyridine rings is 1. The van der Waals surface area contributed by atoms with Crippen molar-refractivity contribution in [3.05, 3.63) is 95.3 Å². The number of benzene rings is 2. The number of carbonyl (C=O) groups is 1. The molecule has 6 nitrogen and oxygen atoms in total. The van der Waals surface area contributed by atoms with Gasteiger partial charge in [-0.1, -0.05) is 35.9 Å². The Morgan fingerprint density at radius 3 is 2.58 bits per heavy atom. The molecule has 0 saturated carbocycles. The number of anilines is 2. The first-order chi connectivity index (χ1) is 18.1. The number of amides is 1. The zero-order valence-electron chi connectivity index (χ0n) is 22.7. The number of hydrogen-bond donors (Lipinski definition) is 2. The number of aromatic nitrogens is 1. The monoisotopic (exact) mass is 525 g/mol. The summed E-state index contributed by atoms with van der Waals surface area (Å²) in [7, 11) is 2.14. The second kappa shape index (κ2) is 10.2. The van der Waals surface area contributed by atoms with Crippen LogP contribution in [0.4, 0.5) is 11.4 Å². The minimum absolute atomic E-state index is 0.0373. The van der Waals surface area contributed by atoms with E-state index in [2.05, 4.69) is 77.5 Å². The van der Waals surface area contributed by atoms with Gasteiger partial charge in [-0.3, -0.25) is 9.78 Å². The van der Waals surface area contributed by atoms with Crippen LogP contribution in [0.5, 0.6) is 0 Å². The summed E-state index contributed by atoms with van der Waals surface area (Å²) < 4.78 is 0. The van der Waals surface area contributed by atoms with E-state index in [0.717, 1.165) is 22.5 Å². The first-order valence-electron chi connectivity index (χ1n) is 13.1. The van der Waals surface area contributed by atoms with Gasteiger partial charge in [-0.15, -0.1) is 0 Å². The van der Waals surface area contributed by atoms with E-state index in [9.17, 15) is 4.79 Å². The Kier molecular flexibility index (Phi) is 6.97. The molecule has 0 aliphatic carbocycles. The minimum atomic E-state index is -0.121. The number of hydrogen-bond acceptors (Lipinski definition) is 4. The SMILES string of the molecule is CC1=CC(C)(C)N(C)c2ccc([C@@H]3[C@H](c4ccccn4)NC(=S)N3CCC(=O)Nc3ccc(C)cc3)cc21. The number of nitrogens with one attached hydrogen (secondary N) is 2. The fourth-order valence-electron chi connectivity index (χ4n) is 5.45. The van der Waals surface area contributed by atoms with E-state index in [1.54, 1.807) is 0 Å². The maximum absolute atomic E-state index is 12.9. The molecule has 3 aromatic rings. The average Bonchev–Trinajstić information content (AvgIpc) is 3.23. The minimum Gasteiger partial charge on any atom is -0.366 e. The first kappa shape index (κ1) is 25.9. The van der Waals surface area contributed by atoms with Crippen LogP contribution in [-0.4, -0.2) is 40.0 Å². The highest BCUT2D eigenvalue weighted by Gasteiger charge is 2.40. The van der Waals surface area contributed by atoms with Gasteiger partial charge in [0.1, 0.15) is 0 Å². The van der Waals surface area contributed by atoms with E-state index in [4.69, 9.17) is 12.2 Å². The van der Waals surface area contributed by atoms with Gasteiger partial charge < -0.3 is 20.4 Å². The van der Waals surface area contributed by atoms with Crippen LogP contribution >= 0.6 is 12.2 Å². The third kappa shape index (κ3) is 5.03. The van der Waals surface area contributed by atoms with Crippen molar-refractivity contribution in [3.8, 4) is 0 Å². The molecule has 2 aliphatic heterocycles. The van der Waals surface area contributed by atoms with E-state index in [1.807, 2.05) is 55.6 Å². The van der Waals surface area contributed by atoms with Crippen LogP contribution in [0, 0.1) is 6.92 Å². The highest BCUT2D eigenvalue weighted by molar-refractivity contribution is 7.80.